The Balaban J connectivity index is 3.87. The van der Waals surface area contributed by atoms with Crippen molar-refractivity contribution in [3.8, 4) is 0 Å². The Labute approximate surface area is 206 Å². The maximum Gasteiger partial charge on any atom is 0.399 e. The SMILES string of the molecule is CCCCCCCC/C=C\CCCCCCCC(=O)C[C@H](O)CC(F)(F)P(=O)(OCC)OCC. The maximum absolute atomic E-state index is 14.4. The van der Waals surface area contributed by atoms with E-state index in [-0.39, 0.29) is 31.8 Å². The molecular weight excluding hydrogens is 461 g/mol. The van der Waals surface area contributed by atoms with Gasteiger partial charge in [0.25, 0.3) is 0 Å². The Hall–Kier alpha value is -0.620. The van der Waals surface area contributed by atoms with E-state index in [1.807, 2.05) is 0 Å². The van der Waals surface area contributed by atoms with Crippen LogP contribution in [0.1, 0.15) is 124 Å². The van der Waals surface area contributed by atoms with Crippen molar-refractivity contribution in [1.29, 1.82) is 0 Å². The first-order valence-corrected chi connectivity index (χ1v) is 14.9. The smallest absolute Gasteiger partial charge is 0.392 e. The number of hydrogen-bond donors (Lipinski definition) is 1. The van der Waals surface area contributed by atoms with E-state index >= 15 is 0 Å². The van der Waals surface area contributed by atoms with E-state index in [0.29, 0.717) is 6.42 Å². The summed E-state index contributed by atoms with van der Waals surface area (Å²) in [5.74, 6) is -0.261. The first-order chi connectivity index (χ1) is 16.2. The Bertz CT molecular complexity index is 574. The Morgan fingerprint density at radius 1 is 0.853 bits per heavy atom. The zero-order valence-electron chi connectivity index (χ0n) is 21.7. The van der Waals surface area contributed by atoms with E-state index < -0.39 is 25.8 Å². The van der Waals surface area contributed by atoms with Crippen molar-refractivity contribution in [3.63, 3.8) is 0 Å². The van der Waals surface area contributed by atoms with Gasteiger partial charge < -0.3 is 14.2 Å². The molecule has 0 aliphatic carbocycles. The fraction of sp³-hybridized carbons (Fsp3) is 0.885. The number of aliphatic hydroxyl groups is 1. The molecule has 8 heteroatoms. The van der Waals surface area contributed by atoms with Gasteiger partial charge >= 0.3 is 13.3 Å². The molecule has 202 valence electrons. The molecule has 0 fully saturated rings. The highest BCUT2D eigenvalue weighted by molar-refractivity contribution is 7.55. The predicted octanol–water partition coefficient (Wildman–Crippen LogP) is 8.59. The summed E-state index contributed by atoms with van der Waals surface area (Å²) >= 11 is 0. The number of rotatable bonds is 24. The number of ketones is 1. The molecule has 0 heterocycles. The summed E-state index contributed by atoms with van der Waals surface area (Å²) in [5, 5.41) is 9.94. The number of carbonyl (C=O) groups is 1. The molecule has 0 aliphatic rings. The number of unbranched alkanes of at least 4 members (excludes halogenated alkanes) is 11. The Kier molecular flexibility index (Phi) is 20.2. The van der Waals surface area contributed by atoms with Crippen LogP contribution in [0.5, 0.6) is 0 Å². The van der Waals surface area contributed by atoms with Gasteiger partial charge in [0.15, 0.2) is 0 Å². The minimum Gasteiger partial charge on any atom is -0.392 e. The second kappa shape index (κ2) is 20.6. The lowest BCUT2D eigenvalue weighted by molar-refractivity contribution is -0.121. The molecule has 0 aliphatic heterocycles. The number of alkyl halides is 2. The molecule has 34 heavy (non-hydrogen) atoms. The molecule has 1 atom stereocenters. The first kappa shape index (κ1) is 33.4. The van der Waals surface area contributed by atoms with E-state index in [0.717, 1.165) is 32.1 Å². The number of hydrogen-bond acceptors (Lipinski definition) is 5. The van der Waals surface area contributed by atoms with Gasteiger partial charge in [0.1, 0.15) is 5.78 Å². The summed E-state index contributed by atoms with van der Waals surface area (Å²) in [4.78, 5) is 12.0. The molecule has 0 aromatic carbocycles. The molecule has 5 nitrogen and oxygen atoms in total. The van der Waals surface area contributed by atoms with Crippen LogP contribution in [0.3, 0.4) is 0 Å². The minimum absolute atomic E-state index is 0.197. The van der Waals surface area contributed by atoms with Crippen molar-refractivity contribution in [3.05, 3.63) is 12.2 Å². The van der Waals surface area contributed by atoms with Gasteiger partial charge in [-0.15, -0.1) is 0 Å². The quantitative estimate of drug-likeness (QED) is 0.0799. The molecule has 0 bridgehead atoms. The average Bonchev–Trinajstić information content (AvgIpc) is 2.76. The van der Waals surface area contributed by atoms with Crippen LogP contribution in [-0.4, -0.2) is 35.9 Å². The van der Waals surface area contributed by atoms with Gasteiger partial charge in [0.05, 0.1) is 25.7 Å². The van der Waals surface area contributed by atoms with Gasteiger partial charge in [-0.05, 0) is 46.0 Å². The molecule has 0 spiro atoms. The molecule has 0 amide bonds. The highest BCUT2D eigenvalue weighted by Gasteiger charge is 2.54. The van der Waals surface area contributed by atoms with Gasteiger partial charge in [-0.1, -0.05) is 70.4 Å². The highest BCUT2D eigenvalue weighted by atomic mass is 31.2. The third-order valence-electron chi connectivity index (χ3n) is 5.66. The summed E-state index contributed by atoms with van der Waals surface area (Å²) in [6, 6.07) is 0. The molecule has 0 saturated carbocycles. The zero-order valence-corrected chi connectivity index (χ0v) is 22.6. The maximum atomic E-state index is 14.4. The van der Waals surface area contributed by atoms with Crippen LogP contribution in [0.4, 0.5) is 8.78 Å². The minimum atomic E-state index is -4.68. The lowest BCUT2D eigenvalue weighted by atomic mass is 10.0. The molecule has 1 N–H and O–H groups in total. The second-order valence-corrected chi connectivity index (χ2v) is 11.1. The highest BCUT2D eigenvalue weighted by Crippen LogP contribution is 2.63. The summed E-state index contributed by atoms with van der Waals surface area (Å²) in [6.07, 6.45) is 16.8. The second-order valence-electron chi connectivity index (χ2n) is 8.93. The number of allylic oxidation sites excluding steroid dienone is 2. The third-order valence-corrected chi connectivity index (χ3v) is 7.84. The lowest BCUT2D eigenvalue weighted by Gasteiger charge is -2.27. The molecular formula is C26H49F2O5P. The number of Topliss-reactive ketones (excluding diaryl/α,β-unsaturated/α-hetero) is 1. The van der Waals surface area contributed by atoms with E-state index in [9.17, 15) is 23.2 Å². The zero-order chi connectivity index (χ0) is 25.7. The summed E-state index contributed by atoms with van der Waals surface area (Å²) in [7, 11) is -4.68. The summed E-state index contributed by atoms with van der Waals surface area (Å²) in [6.45, 7) is 4.72. The number of carbonyl (C=O) groups excluding carboxylic acids is 1. The summed E-state index contributed by atoms with van der Waals surface area (Å²) < 4.78 is 50.4. The molecule has 0 aromatic rings. The van der Waals surface area contributed by atoms with E-state index in [1.165, 1.54) is 58.8 Å². The van der Waals surface area contributed by atoms with E-state index in [2.05, 4.69) is 28.1 Å². The monoisotopic (exact) mass is 510 g/mol. The van der Waals surface area contributed by atoms with Gasteiger partial charge in [-0.3, -0.25) is 9.36 Å². The van der Waals surface area contributed by atoms with Gasteiger partial charge in [0, 0.05) is 12.8 Å². The topological polar surface area (TPSA) is 72.8 Å². The van der Waals surface area contributed by atoms with Crippen molar-refractivity contribution >= 4 is 13.4 Å². The van der Waals surface area contributed by atoms with Crippen molar-refractivity contribution in [2.75, 3.05) is 13.2 Å². The van der Waals surface area contributed by atoms with Crippen molar-refractivity contribution in [2.24, 2.45) is 0 Å². The molecule has 0 saturated heterocycles. The normalized spacial score (nSPS) is 13.6. The van der Waals surface area contributed by atoms with Crippen molar-refractivity contribution in [1.82, 2.24) is 0 Å². The van der Waals surface area contributed by atoms with E-state index in [4.69, 9.17) is 0 Å². The molecule has 0 radical (unpaired) electrons. The number of aliphatic hydroxyl groups excluding tert-OH is 1. The van der Waals surface area contributed by atoms with Crippen molar-refractivity contribution < 1.29 is 32.3 Å². The Morgan fingerprint density at radius 3 is 1.82 bits per heavy atom. The van der Waals surface area contributed by atoms with Gasteiger partial charge in [-0.2, -0.15) is 8.78 Å². The third kappa shape index (κ3) is 16.1. The predicted molar refractivity (Wildman–Crippen MR) is 136 cm³/mol. The van der Waals surface area contributed by atoms with Crippen LogP contribution in [-0.2, 0) is 18.4 Å². The van der Waals surface area contributed by atoms with Crippen molar-refractivity contribution in [2.45, 2.75) is 135 Å². The average molecular weight is 511 g/mol. The van der Waals surface area contributed by atoms with Crippen LogP contribution in [0, 0.1) is 0 Å². The van der Waals surface area contributed by atoms with Crippen LogP contribution in [0.2, 0.25) is 0 Å². The molecule has 0 rings (SSSR count). The molecule has 0 aromatic heterocycles. The molecule has 0 unspecified atom stereocenters. The van der Waals surface area contributed by atoms with Crippen LogP contribution >= 0.6 is 7.60 Å². The standard InChI is InChI=1S/C26H49F2O5P/c1-4-7-8-9-10-11-12-13-14-15-16-17-18-19-20-21-24(29)22-25(30)23-26(27,28)34(31,32-5-2)33-6-3/h13-14,25,30H,4-12,15-23H2,1-3H3/b14-13-/t25-/m0/s1. The fourth-order valence-corrected chi connectivity index (χ4v) is 5.36. The van der Waals surface area contributed by atoms with Crippen LogP contribution in [0.25, 0.3) is 0 Å². The van der Waals surface area contributed by atoms with Gasteiger partial charge in [-0.25, -0.2) is 0 Å². The first-order valence-electron chi connectivity index (χ1n) is 13.3. The van der Waals surface area contributed by atoms with Gasteiger partial charge in [0.2, 0.25) is 0 Å². The Morgan fingerprint density at radius 2 is 1.32 bits per heavy atom. The number of halogens is 2. The fourth-order valence-electron chi connectivity index (χ4n) is 3.79. The lowest BCUT2D eigenvalue weighted by Crippen LogP contribution is -2.28. The van der Waals surface area contributed by atoms with Crippen LogP contribution < -0.4 is 0 Å². The summed E-state index contributed by atoms with van der Waals surface area (Å²) in [5.41, 5.74) is -3.85. The largest absolute Gasteiger partial charge is 0.399 e. The van der Waals surface area contributed by atoms with Crippen LogP contribution in [0.15, 0.2) is 12.2 Å². The van der Waals surface area contributed by atoms with E-state index in [1.54, 1.807) is 0 Å².